The van der Waals surface area contributed by atoms with Crippen molar-refractivity contribution in [3.05, 3.63) is 21.9 Å². The van der Waals surface area contributed by atoms with E-state index >= 15 is 0 Å². The van der Waals surface area contributed by atoms with Crippen LogP contribution >= 0.6 is 23.2 Å². The van der Waals surface area contributed by atoms with Gasteiger partial charge in [0.15, 0.2) is 0 Å². The highest BCUT2D eigenvalue weighted by Crippen LogP contribution is 2.34. The van der Waals surface area contributed by atoms with Gasteiger partial charge < -0.3 is 15.0 Å². The third-order valence-corrected chi connectivity index (χ3v) is 4.37. The molecule has 1 saturated heterocycles. The molecule has 5 nitrogen and oxygen atoms in total. The smallest absolute Gasteiger partial charge is 0.329 e. The SMILES string of the molecule is CCC1(C(=O)O)CCCN1C(=O)c1cc(Cl)c(Cl)[nH]1. The summed E-state index contributed by atoms with van der Waals surface area (Å²) in [6.07, 6.45) is 1.51. The molecule has 1 aliphatic rings. The number of carbonyl (C=O) groups excluding carboxylic acids is 1. The van der Waals surface area contributed by atoms with Crippen molar-refractivity contribution >= 4 is 35.1 Å². The average Bonchev–Trinajstić information content (AvgIpc) is 2.94. The van der Waals surface area contributed by atoms with Gasteiger partial charge in [-0.1, -0.05) is 30.1 Å². The lowest BCUT2D eigenvalue weighted by atomic mass is 9.93. The maximum absolute atomic E-state index is 12.4. The number of aliphatic carboxylic acids is 1. The van der Waals surface area contributed by atoms with Crippen molar-refractivity contribution in [3.8, 4) is 0 Å². The van der Waals surface area contributed by atoms with Crippen LogP contribution in [0.3, 0.4) is 0 Å². The topological polar surface area (TPSA) is 73.4 Å². The Morgan fingerprint density at radius 3 is 2.68 bits per heavy atom. The third kappa shape index (κ3) is 2.21. The molecule has 0 aromatic carbocycles. The molecule has 1 aromatic heterocycles. The second-order valence-electron chi connectivity index (χ2n) is 4.60. The van der Waals surface area contributed by atoms with Gasteiger partial charge in [0.2, 0.25) is 0 Å². The van der Waals surface area contributed by atoms with Crippen molar-refractivity contribution in [1.29, 1.82) is 0 Å². The Morgan fingerprint density at radius 1 is 1.53 bits per heavy atom. The van der Waals surface area contributed by atoms with Crippen LogP contribution in [0.5, 0.6) is 0 Å². The fourth-order valence-electron chi connectivity index (χ4n) is 2.58. The van der Waals surface area contributed by atoms with Crippen LogP contribution < -0.4 is 0 Å². The Bertz CT molecular complexity index is 510. The standard InChI is InChI=1S/C12H14Cl2N2O3/c1-2-12(11(18)19)4-3-5-16(12)10(17)8-6-7(13)9(14)15-8/h6,15H,2-5H2,1H3,(H,18,19). The minimum Gasteiger partial charge on any atom is -0.479 e. The van der Waals surface area contributed by atoms with Gasteiger partial charge in [-0.25, -0.2) is 4.79 Å². The van der Waals surface area contributed by atoms with Crippen molar-refractivity contribution in [1.82, 2.24) is 9.88 Å². The van der Waals surface area contributed by atoms with Crippen LogP contribution in [0, 0.1) is 0 Å². The molecule has 2 N–H and O–H groups in total. The molecule has 2 rings (SSSR count). The van der Waals surface area contributed by atoms with E-state index in [4.69, 9.17) is 23.2 Å². The first-order valence-corrected chi connectivity index (χ1v) is 6.77. The number of aromatic amines is 1. The van der Waals surface area contributed by atoms with Crippen LogP contribution in [0.15, 0.2) is 6.07 Å². The average molecular weight is 305 g/mol. The van der Waals surface area contributed by atoms with Crippen molar-refractivity contribution < 1.29 is 14.7 Å². The van der Waals surface area contributed by atoms with Crippen LogP contribution in [0.2, 0.25) is 10.2 Å². The molecule has 104 valence electrons. The molecule has 0 bridgehead atoms. The summed E-state index contributed by atoms with van der Waals surface area (Å²) in [6, 6.07) is 1.42. The highest BCUT2D eigenvalue weighted by atomic mass is 35.5. The third-order valence-electron chi connectivity index (χ3n) is 3.67. The molecule has 19 heavy (non-hydrogen) atoms. The molecule has 0 aliphatic carbocycles. The number of H-pyrrole nitrogens is 1. The molecule has 7 heteroatoms. The Labute approximate surface area is 120 Å². The van der Waals surface area contributed by atoms with Crippen molar-refractivity contribution in [2.75, 3.05) is 6.54 Å². The van der Waals surface area contributed by atoms with E-state index in [1.165, 1.54) is 11.0 Å². The van der Waals surface area contributed by atoms with E-state index in [0.717, 1.165) is 0 Å². The second-order valence-corrected chi connectivity index (χ2v) is 5.38. The number of carboxylic acids is 1. The molecule has 0 spiro atoms. The number of carboxylic acid groups (broad SMARTS) is 1. The van der Waals surface area contributed by atoms with E-state index in [1.54, 1.807) is 6.92 Å². The Kier molecular flexibility index (Phi) is 3.78. The largest absolute Gasteiger partial charge is 0.479 e. The van der Waals surface area contributed by atoms with Crippen molar-refractivity contribution in [2.45, 2.75) is 31.7 Å². The van der Waals surface area contributed by atoms with Gasteiger partial charge in [-0.3, -0.25) is 4.79 Å². The van der Waals surface area contributed by atoms with Gasteiger partial charge in [0.1, 0.15) is 16.4 Å². The molecule has 1 fully saturated rings. The summed E-state index contributed by atoms with van der Waals surface area (Å²) < 4.78 is 0. The lowest BCUT2D eigenvalue weighted by Crippen LogP contribution is -2.52. The molecule has 1 atom stereocenters. The van der Waals surface area contributed by atoms with Gasteiger partial charge in [-0.05, 0) is 25.3 Å². The lowest BCUT2D eigenvalue weighted by molar-refractivity contribution is -0.148. The monoisotopic (exact) mass is 304 g/mol. The van der Waals surface area contributed by atoms with Crippen molar-refractivity contribution in [3.63, 3.8) is 0 Å². The fraction of sp³-hybridized carbons (Fsp3) is 0.500. The number of hydrogen-bond acceptors (Lipinski definition) is 2. The van der Waals surface area contributed by atoms with Gasteiger partial charge >= 0.3 is 5.97 Å². The summed E-state index contributed by atoms with van der Waals surface area (Å²) in [5.41, 5.74) is -0.905. The van der Waals surface area contributed by atoms with E-state index in [1.807, 2.05) is 0 Å². The quantitative estimate of drug-likeness (QED) is 0.902. The number of halogens is 2. The second kappa shape index (κ2) is 5.06. The molecule has 1 aromatic rings. The summed E-state index contributed by atoms with van der Waals surface area (Å²) in [6.45, 7) is 2.20. The van der Waals surface area contributed by atoms with Gasteiger partial charge in [-0.2, -0.15) is 0 Å². The Morgan fingerprint density at radius 2 is 2.21 bits per heavy atom. The van der Waals surface area contributed by atoms with E-state index < -0.39 is 11.5 Å². The first-order valence-electron chi connectivity index (χ1n) is 6.01. The summed E-state index contributed by atoms with van der Waals surface area (Å²) in [7, 11) is 0. The van der Waals surface area contributed by atoms with E-state index in [0.29, 0.717) is 25.8 Å². The summed E-state index contributed by atoms with van der Waals surface area (Å²) >= 11 is 11.6. The number of nitrogens with one attached hydrogen (secondary N) is 1. The number of carbonyl (C=O) groups is 2. The van der Waals surface area contributed by atoms with Crippen LogP contribution in [-0.4, -0.2) is 39.0 Å². The van der Waals surface area contributed by atoms with E-state index in [2.05, 4.69) is 4.98 Å². The molecule has 0 saturated carbocycles. The number of likely N-dealkylation sites (tertiary alicyclic amines) is 1. The van der Waals surface area contributed by atoms with E-state index in [9.17, 15) is 14.7 Å². The molecular formula is C12H14Cl2N2O3. The number of nitrogens with zero attached hydrogens (tertiary/aromatic N) is 1. The summed E-state index contributed by atoms with van der Waals surface area (Å²) in [5.74, 6) is -1.35. The molecule has 1 aliphatic heterocycles. The Balaban J connectivity index is 2.35. The number of hydrogen-bond donors (Lipinski definition) is 2. The first kappa shape index (κ1) is 14.2. The minimum atomic E-state index is -1.12. The number of aromatic nitrogens is 1. The minimum absolute atomic E-state index is 0.182. The summed E-state index contributed by atoms with van der Waals surface area (Å²) in [5, 5.41) is 9.87. The number of rotatable bonds is 3. The maximum Gasteiger partial charge on any atom is 0.329 e. The van der Waals surface area contributed by atoms with Crippen molar-refractivity contribution in [2.24, 2.45) is 0 Å². The fourth-order valence-corrected chi connectivity index (χ4v) is 2.89. The maximum atomic E-state index is 12.4. The zero-order valence-electron chi connectivity index (χ0n) is 10.4. The zero-order chi connectivity index (χ0) is 14.2. The van der Waals surface area contributed by atoms with Crippen LogP contribution in [-0.2, 0) is 4.79 Å². The van der Waals surface area contributed by atoms with Gasteiger partial charge in [0.05, 0.1) is 5.02 Å². The highest BCUT2D eigenvalue weighted by Gasteiger charge is 2.48. The van der Waals surface area contributed by atoms with E-state index in [-0.39, 0.29) is 21.8 Å². The lowest BCUT2D eigenvalue weighted by Gasteiger charge is -2.33. The van der Waals surface area contributed by atoms with Crippen LogP contribution in [0.1, 0.15) is 36.7 Å². The zero-order valence-corrected chi connectivity index (χ0v) is 11.9. The highest BCUT2D eigenvalue weighted by molar-refractivity contribution is 6.41. The van der Waals surface area contributed by atoms with Gasteiger partial charge in [-0.15, -0.1) is 0 Å². The predicted octanol–water partition coefficient (Wildman–Crippen LogP) is 2.79. The van der Waals surface area contributed by atoms with Crippen LogP contribution in [0.4, 0.5) is 0 Å². The Hall–Kier alpha value is -1.20. The normalized spacial score (nSPS) is 22.8. The molecular weight excluding hydrogens is 291 g/mol. The molecule has 1 unspecified atom stereocenters. The molecule has 1 amide bonds. The first-order chi connectivity index (χ1) is 8.92. The summed E-state index contributed by atoms with van der Waals surface area (Å²) in [4.78, 5) is 28.0. The van der Waals surface area contributed by atoms with Gasteiger partial charge in [0.25, 0.3) is 5.91 Å². The van der Waals surface area contributed by atoms with Crippen LogP contribution in [0.25, 0.3) is 0 Å². The molecule has 0 radical (unpaired) electrons. The predicted molar refractivity (Wildman–Crippen MR) is 71.7 cm³/mol. The molecule has 2 heterocycles. The van der Waals surface area contributed by atoms with Gasteiger partial charge in [0, 0.05) is 6.54 Å². The number of amides is 1.